The van der Waals surface area contributed by atoms with Crippen LogP contribution in [-0.4, -0.2) is 34.7 Å². The van der Waals surface area contributed by atoms with Crippen molar-refractivity contribution in [3.05, 3.63) is 0 Å². The van der Waals surface area contributed by atoms with Gasteiger partial charge in [0.1, 0.15) is 11.2 Å². The van der Waals surface area contributed by atoms with Crippen LogP contribution in [0.1, 0.15) is 83.1 Å². The first-order valence-electron chi connectivity index (χ1n) is 8.04. The monoisotopic (exact) mass is 348 g/mol. The molecule has 0 saturated heterocycles. The third-order valence-corrected chi connectivity index (χ3v) is 1.56. The molecule has 0 atom stereocenters. The van der Waals surface area contributed by atoms with Crippen LogP contribution in [0, 0.1) is 0 Å². The van der Waals surface area contributed by atoms with Crippen LogP contribution < -0.4 is 0 Å². The summed E-state index contributed by atoms with van der Waals surface area (Å²) in [7, 11) is 0. The summed E-state index contributed by atoms with van der Waals surface area (Å²) < 4.78 is 19.4. The van der Waals surface area contributed by atoms with E-state index in [4.69, 9.17) is 14.2 Å². The Bertz CT molecular complexity index is 361. The van der Waals surface area contributed by atoms with Crippen LogP contribution in [0.2, 0.25) is 0 Å². The van der Waals surface area contributed by atoms with Gasteiger partial charge in [0.2, 0.25) is 0 Å². The molecule has 144 valence electrons. The Morgan fingerprint density at radius 1 is 0.500 bits per heavy atom. The van der Waals surface area contributed by atoms with Gasteiger partial charge in [-0.25, -0.2) is 9.59 Å². The molecular weight excluding hydrogens is 312 g/mol. The lowest BCUT2D eigenvalue weighted by Crippen LogP contribution is -2.31. The van der Waals surface area contributed by atoms with Crippen LogP contribution in [0.4, 0.5) is 9.59 Å². The highest BCUT2D eigenvalue weighted by Gasteiger charge is 2.24. The van der Waals surface area contributed by atoms with Gasteiger partial charge in [-0.1, -0.05) is 0 Å². The average molecular weight is 348 g/mol. The predicted molar refractivity (Wildman–Crippen MR) is 94.1 cm³/mol. The highest BCUT2D eigenvalue weighted by Crippen LogP contribution is 2.18. The van der Waals surface area contributed by atoms with Crippen molar-refractivity contribution in [3.63, 3.8) is 0 Å². The Morgan fingerprint density at radius 2 is 0.750 bits per heavy atom. The fourth-order valence-electron chi connectivity index (χ4n) is 1.53. The lowest BCUT2D eigenvalue weighted by molar-refractivity contribution is -0.102. The lowest BCUT2D eigenvalue weighted by Gasteiger charge is -2.30. The molecule has 24 heavy (non-hydrogen) atoms. The van der Waals surface area contributed by atoms with Crippen LogP contribution in [0.25, 0.3) is 0 Å². The molecule has 0 fully saturated rings. The largest absolute Gasteiger partial charge is 0.519 e. The molecule has 0 aliphatic carbocycles. The first kappa shape index (κ1) is 24.9. The standard InChI is InChI=1S/C10H18O5.C8H18O/c1-9(2,3)14-7(11)13-8(12)15-10(4,5)6;1-7(2,3)9-8(4,5)6/h1-6H3;1-6H3. The van der Waals surface area contributed by atoms with Crippen LogP contribution in [0.15, 0.2) is 0 Å². The van der Waals surface area contributed by atoms with E-state index < -0.39 is 23.5 Å². The van der Waals surface area contributed by atoms with Gasteiger partial charge in [0, 0.05) is 0 Å². The first-order valence-corrected chi connectivity index (χ1v) is 8.04. The molecule has 0 N–H and O–H groups in total. The topological polar surface area (TPSA) is 71.1 Å². The minimum Gasteiger partial charge on any atom is -0.428 e. The molecule has 0 aromatic carbocycles. The molecule has 0 heterocycles. The van der Waals surface area contributed by atoms with Crippen molar-refractivity contribution in [1.29, 1.82) is 0 Å². The van der Waals surface area contributed by atoms with Gasteiger partial charge in [-0.3, -0.25) is 0 Å². The molecule has 0 bridgehead atoms. The third kappa shape index (κ3) is 23.0. The summed E-state index contributed by atoms with van der Waals surface area (Å²) in [6.07, 6.45) is -2.12. The van der Waals surface area contributed by atoms with Crippen molar-refractivity contribution in [2.45, 2.75) is 105 Å². The Balaban J connectivity index is 0. The van der Waals surface area contributed by atoms with Crippen molar-refractivity contribution in [3.8, 4) is 0 Å². The van der Waals surface area contributed by atoms with Crippen LogP contribution in [-0.2, 0) is 18.9 Å². The second-order valence-electron chi connectivity index (χ2n) is 9.36. The summed E-state index contributed by atoms with van der Waals surface area (Å²) in [5.74, 6) is 0. The highest BCUT2D eigenvalue weighted by atomic mass is 16.8. The summed E-state index contributed by atoms with van der Waals surface area (Å²) in [5, 5.41) is 0. The van der Waals surface area contributed by atoms with Crippen molar-refractivity contribution >= 4 is 12.3 Å². The van der Waals surface area contributed by atoms with Crippen molar-refractivity contribution in [2.75, 3.05) is 0 Å². The molecule has 6 nitrogen and oxygen atoms in total. The van der Waals surface area contributed by atoms with Gasteiger partial charge in [0.25, 0.3) is 0 Å². The zero-order valence-electron chi connectivity index (χ0n) is 17.4. The summed E-state index contributed by atoms with van der Waals surface area (Å²) in [6, 6.07) is 0. The molecule has 0 aliphatic heterocycles. The second-order valence-corrected chi connectivity index (χ2v) is 9.36. The molecule has 0 rings (SSSR count). The second kappa shape index (κ2) is 8.70. The van der Waals surface area contributed by atoms with Gasteiger partial charge in [-0.2, -0.15) is 0 Å². The number of ether oxygens (including phenoxy) is 4. The molecule has 0 aliphatic rings. The molecule has 0 aromatic heterocycles. The summed E-state index contributed by atoms with van der Waals surface area (Å²) in [5.41, 5.74) is -1.42. The quantitative estimate of drug-likeness (QED) is 0.427. The number of hydrogen-bond acceptors (Lipinski definition) is 6. The van der Waals surface area contributed by atoms with Gasteiger partial charge >= 0.3 is 12.3 Å². The average Bonchev–Trinajstić information content (AvgIpc) is 2.02. The number of rotatable bonds is 0. The highest BCUT2D eigenvalue weighted by molar-refractivity contribution is 5.77. The summed E-state index contributed by atoms with van der Waals surface area (Å²) in [4.78, 5) is 22.0. The Kier molecular flexibility index (Phi) is 9.04. The van der Waals surface area contributed by atoms with Gasteiger partial charge in [-0.05, 0) is 83.1 Å². The van der Waals surface area contributed by atoms with E-state index in [1.165, 1.54) is 0 Å². The van der Waals surface area contributed by atoms with Gasteiger partial charge in [0.15, 0.2) is 0 Å². The van der Waals surface area contributed by atoms with E-state index in [2.05, 4.69) is 46.3 Å². The third-order valence-electron chi connectivity index (χ3n) is 1.56. The fourth-order valence-corrected chi connectivity index (χ4v) is 1.53. The molecule has 0 radical (unpaired) electrons. The zero-order valence-corrected chi connectivity index (χ0v) is 17.4. The van der Waals surface area contributed by atoms with Crippen molar-refractivity contribution in [1.82, 2.24) is 0 Å². The molecule has 0 saturated carbocycles. The van der Waals surface area contributed by atoms with E-state index in [-0.39, 0.29) is 11.2 Å². The first-order chi connectivity index (χ1) is 10.2. The van der Waals surface area contributed by atoms with E-state index in [0.717, 1.165) is 0 Å². The van der Waals surface area contributed by atoms with Crippen LogP contribution in [0.5, 0.6) is 0 Å². The maximum absolute atomic E-state index is 11.0. The maximum atomic E-state index is 11.0. The van der Waals surface area contributed by atoms with E-state index >= 15 is 0 Å². The van der Waals surface area contributed by atoms with Crippen LogP contribution in [0.3, 0.4) is 0 Å². The van der Waals surface area contributed by atoms with Gasteiger partial charge < -0.3 is 18.9 Å². The Morgan fingerprint density at radius 3 is 0.875 bits per heavy atom. The summed E-state index contributed by atoms with van der Waals surface area (Å²) >= 11 is 0. The zero-order chi connectivity index (χ0) is 20.0. The molecule has 0 amide bonds. The molecular formula is C18H36O6. The van der Waals surface area contributed by atoms with Crippen molar-refractivity contribution in [2.24, 2.45) is 0 Å². The van der Waals surface area contributed by atoms with E-state index in [1.54, 1.807) is 41.5 Å². The molecule has 6 heteroatoms. The SMILES string of the molecule is CC(C)(C)OC(=O)OC(=O)OC(C)(C)C.CC(C)(C)OC(C)(C)C. The lowest BCUT2D eigenvalue weighted by atomic mass is 10.1. The van der Waals surface area contributed by atoms with Gasteiger partial charge in [-0.15, -0.1) is 0 Å². The van der Waals surface area contributed by atoms with E-state index in [9.17, 15) is 9.59 Å². The summed E-state index contributed by atoms with van der Waals surface area (Å²) in [6.45, 7) is 22.4. The Labute approximate surface area is 147 Å². The molecule has 0 unspecified atom stereocenters. The van der Waals surface area contributed by atoms with E-state index in [0.29, 0.717) is 0 Å². The minimum atomic E-state index is -1.06. The minimum absolute atomic E-state index is 0.0156. The predicted octanol–water partition coefficient (Wildman–Crippen LogP) is 5.47. The number of hydrogen-bond donors (Lipinski definition) is 0. The number of carbonyl (C=O) groups excluding carboxylic acids is 2. The Hall–Kier alpha value is -1.30. The fraction of sp³-hybridized carbons (Fsp3) is 0.889. The smallest absolute Gasteiger partial charge is 0.428 e. The van der Waals surface area contributed by atoms with Crippen LogP contribution >= 0.6 is 0 Å². The van der Waals surface area contributed by atoms with E-state index in [1.807, 2.05) is 0 Å². The van der Waals surface area contributed by atoms with Crippen molar-refractivity contribution < 1.29 is 28.5 Å². The normalized spacial score (nSPS) is 12.7. The van der Waals surface area contributed by atoms with Gasteiger partial charge in [0.05, 0.1) is 11.2 Å². The number of carbonyl (C=O) groups is 2. The molecule has 0 spiro atoms. The molecule has 0 aromatic rings. The maximum Gasteiger partial charge on any atom is 0.519 e.